The van der Waals surface area contributed by atoms with Crippen LogP contribution in [0.4, 0.5) is 0 Å². The molecule has 0 aliphatic rings. The molecule has 0 amide bonds. The highest BCUT2D eigenvalue weighted by atomic mass is 32.2. The number of nitriles is 1. The van der Waals surface area contributed by atoms with Crippen LogP contribution in [-0.4, -0.2) is 20.5 Å². The predicted octanol–water partition coefficient (Wildman–Crippen LogP) is 4.56. The molecule has 24 heavy (non-hydrogen) atoms. The van der Waals surface area contributed by atoms with E-state index in [1.54, 1.807) is 11.8 Å². The van der Waals surface area contributed by atoms with Crippen LogP contribution in [0.2, 0.25) is 0 Å². The number of rotatable bonds is 5. The zero-order valence-electron chi connectivity index (χ0n) is 13.7. The first-order valence-corrected chi connectivity index (χ1v) is 8.77. The van der Waals surface area contributed by atoms with E-state index in [9.17, 15) is 0 Å². The minimum atomic E-state index is 0.491. The molecule has 0 radical (unpaired) electrons. The third-order valence-corrected chi connectivity index (χ3v) is 4.79. The van der Waals surface area contributed by atoms with Crippen LogP contribution in [0, 0.1) is 25.2 Å². The lowest BCUT2D eigenvalue weighted by Crippen LogP contribution is -2.01. The van der Waals surface area contributed by atoms with Crippen molar-refractivity contribution in [3.63, 3.8) is 0 Å². The van der Waals surface area contributed by atoms with Crippen molar-refractivity contribution >= 4 is 11.8 Å². The molecule has 2 aromatic carbocycles. The normalized spacial score (nSPS) is 10.5. The Hall–Kier alpha value is -2.58. The second-order valence-electron chi connectivity index (χ2n) is 5.53. The van der Waals surface area contributed by atoms with E-state index in [2.05, 4.69) is 52.9 Å². The van der Waals surface area contributed by atoms with Gasteiger partial charge in [-0.2, -0.15) is 5.26 Å². The van der Waals surface area contributed by atoms with Crippen LogP contribution in [0.5, 0.6) is 0 Å². The SMILES string of the molecule is Cc1ccc(-n2c(SCCC#N)nnc2-c2ccccc2)cc1C. The van der Waals surface area contributed by atoms with Gasteiger partial charge < -0.3 is 0 Å². The Kier molecular flexibility index (Phi) is 4.97. The molecule has 0 spiro atoms. The molecule has 0 fully saturated rings. The number of nitrogens with zero attached hydrogens (tertiary/aromatic N) is 4. The summed E-state index contributed by atoms with van der Waals surface area (Å²) in [5.41, 5.74) is 4.55. The molecule has 0 saturated heterocycles. The van der Waals surface area contributed by atoms with Gasteiger partial charge in [0.25, 0.3) is 0 Å². The van der Waals surface area contributed by atoms with Crippen LogP contribution in [-0.2, 0) is 0 Å². The lowest BCUT2D eigenvalue weighted by Gasteiger charge is -2.12. The van der Waals surface area contributed by atoms with Crippen molar-refractivity contribution < 1.29 is 0 Å². The number of hydrogen-bond acceptors (Lipinski definition) is 4. The Balaban J connectivity index is 2.10. The molecule has 0 unspecified atom stereocenters. The fraction of sp³-hybridized carbons (Fsp3) is 0.211. The molecular formula is C19H18N4S. The molecule has 0 aliphatic heterocycles. The molecule has 1 aromatic heterocycles. The van der Waals surface area contributed by atoms with E-state index < -0.39 is 0 Å². The molecule has 0 atom stereocenters. The fourth-order valence-electron chi connectivity index (χ4n) is 2.42. The summed E-state index contributed by atoms with van der Waals surface area (Å²) in [4.78, 5) is 0. The second-order valence-corrected chi connectivity index (χ2v) is 6.59. The number of benzene rings is 2. The van der Waals surface area contributed by atoms with Crippen molar-refractivity contribution in [3.8, 4) is 23.1 Å². The van der Waals surface area contributed by atoms with Crippen molar-refractivity contribution in [2.24, 2.45) is 0 Å². The summed E-state index contributed by atoms with van der Waals surface area (Å²) in [6.07, 6.45) is 0.491. The molecule has 3 aromatic rings. The van der Waals surface area contributed by atoms with Crippen LogP contribution < -0.4 is 0 Å². The van der Waals surface area contributed by atoms with Crippen LogP contribution in [0.25, 0.3) is 17.1 Å². The maximum absolute atomic E-state index is 8.77. The van der Waals surface area contributed by atoms with Gasteiger partial charge in [0.2, 0.25) is 0 Å². The van der Waals surface area contributed by atoms with Crippen LogP contribution in [0.3, 0.4) is 0 Å². The zero-order valence-corrected chi connectivity index (χ0v) is 14.5. The Labute approximate surface area is 146 Å². The van der Waals surface area contributed by atoms with E-state index in [4.69, 9.17) is 5.26 Å². The third kappa shape index (κ3) is 3.34. The zero-order chi connectivity index (χ0) is 16.9. The first-order valence-electron chi connectivity index (χ1n) is 7.79. The van der Waals surface area contributed by atoms with Crippen molar-refractivity contribution in [2.75, 3.05) is 5.75 Å². The van der Waals surface area contributed by atoms with Crippen LogP contribution in [0.1, 0.15) is 17.5 Å². The van der Waals surface area contributed by atoms with Gasteiger partial charge in [-0.3, -0.25) is 4.57 Å². The third-order valence-electron chi connectivity index (χ3n) is 3.86. The lowest BCUT2D eigenvalue weighted by atomic mass is 10.1. The lowest BCUT2D eigenvalue weighted by molar-refractivity contribution is 0.884. The van der Waals surface area contributed by atoms with Gasteiger partial charge in [-0.05, 0) is 37.1 Å². The van der Waals surface area contributed by atoms with Gasteiger partial charge >= 0.3 is 0 Å². The molecular weight excluding hydrogens is 316 g/mol. The molecule has 0 saturated carbocycles. The van der Waals surface area contributed by atoms with Crippen LogP contribution >= 0.6 is 11.8 Å². The van der Waals surface area contributed by atoms with E-state index >= 15 is 0 Å². The summed E-state index contributed by atoms with van der Waals surface area (Å²) >= 11 is 1.56. The van der Waals surface area contributed by atoms with Gasteiger partial charge in [-0.25, -0.2) is 0 Å². The van der Waals surface area contributed by atoms with Crippen molar-refractivity contribution in [1.82, 2.24) is 14.8 Å². The summed E-state index contributed by atoms with van der Waals surface area (Å²) in [5.74, 6) is 1.52. The predicted molar refractivity (Wildman–Crippen MR) is 97.2 cm³/mol. The highest BCUT2D eigenvalue weighted by Gasteiger charge is 2.16. The topological polar surface area (TPSA) is 54.5 Å². The standard InChI is InChI=1S/C19H18N4S/c1-14-9-10-17(13-15(14)2)23-18(16-7-4-3-5-8-16)21-22-19(23)24-12-6-11-20/h3-5,7-10,13H,6,12H2,1-2H3. The number of hydrogen-bond donors (Lipinski definition) is 0. The Morgan fingerprint density at radius 1 is 1.04 bits per heavy atom. The maximum atomic E-state index is 8.77. The largest absolute Gasteiger partial charge is 0.270 e. The van der Waals surface area contributed by atoms with Gasteiger partial charge in [-0.1, -0.05) is 48.2 Å². The van der Waals surface area contributed by atoms with E-state index in [1.165, 1.54) is 11.1 Å². The van der Waals surface area contributed by atoms with E-state index in [-0.39, 0.29) is 0 Å². The van der Waals surface area contributed by atoms with Gasteiger partial charge in [0.15, 0.2) is 11.0 Å². The van der Waals surface area contributed by atoms with Crippen LogP contribution in [0.15, 0.2) is 53.7 Å². The second kappa shape index (κ2) is 7.33. The van der Waals surface area contributed by atoms with Gasteiger partial charge in [0.1, 0.15) is 0 Å². The molecule has 4 nitrogen and oxygen atoms in total. The first kappa shape index (κ1) is 16.3. The average Bonchev–Trinajstić information content (AvgIpc) is 3.02. The summed E-state index contributed by atoms with van der Waals surface area (Å²) in [6.45, 7) is 4.21. The van der Waals surface area contributed by atoms with Gasteiger partial charge in [0, 0.05) is 17.7 Å². The molecule has 0 bridgehead atoms. The van der Waals surface area contributed by atoms with E-state index in [0.29, 0.717) is 12.2 Å². The van der Waals surface area contributed by atoms with Crippen molar-refractivity contribution in [1.29, 1.82) is 5.26 Å². The average molecular weight is 334 g/mol. The Morgan fingerprint density at radius 3 is 2.54 bits per heavy atom. The highest BCUT2D eigenvalue weighted by molar-refractivity contribution is 7.99. The molecule has 3 rings (SSSR count). The summed E-state index contributed by atoms with van der Waals surface area (Å²) in [7, 11) is 0. The molecule has 120 valence electrons. The number of aromatic nitrogens is 3. The minimum absolute atomic E-state index is 0.491. The van der Waals surface area contributed by atoms with Crippen molar-refractivity contribution in [3.05, 3.63) is 59.7 Å². The number of thioether (sulfide) groups is 1. The molecule has 5 heteroatoms. The first-order chi connectivity index (χ1) is 11.7. The smallest absolute Gasteiger partial charge is 0.196 e. The fourth-order valence-corrected chi connectivity index (χ4v) is 3.22. The highest BCUT2D eigenvalue weighted by Crippen LogP contribution is 2.29. The quantitative estimate of drug-likeness (QED) is 0.507. The monoisotopic (exact) mass is 334 g/mol. The Bertz CT molecular complexity index is 878. The molecule has 0 N–H and O–H groups in total. The minimum Gasteiger partial charge on any atom is -0.270 e. The summed E-state index contributed by atoms with van der Waals surface area (Å²) in [6, 6.07) is 18.6. The van der Waals surface area contributed by atoms with E-state index in [1.807, 2.05) is 30.3 Å². The Morgan fingerprint density at radius 2 is 1.83 bits per heavy atom. The van der Waals surface area contributed by atoms with Gasteiger partial charge in [0.05, 0.1) is 11.8 Å². The van der Waals surface area contributed by atoms with Crippen molar-refractivity contribution in [2.45, 2.75) is 25.4 Å². The van der Waals surface area contributed by atoms with Gasteiger partial charge in [-0.15, -0.1) is 10.2 Å². The maximum Gasteiger partial charge on any atom is 0.196 e. The number of aryl methyl sites for hydroxylation is 2. The molecule has 0 aliphatic carbocycles. The van der Waals surface area contributed by atoms with E-state index in [0.717, 1.165) is 22.2 Å². The summed E-state index contributed by atoms with van der Waals surface area (Å²) in [5, 5.41) is 18.3. The molecule has 1 heterocycles. The summed E-state index contributed by atoms with van der Waals surface area (Å²) < 4.78 is 2.07.